The topological polar surface area (TPSA) is 3.24 Å². The van der Waals surface area contributed by atoms with Crippen LogP contribution in [-0.4, -0.2) is 6.54 Å². The molecule has 0 aromatic heterocycles. The van der Waals surface area contributed by atoms with E-state index in [1.165, 1.54) is 30.6 Å². The molecule has 0 saturated carbocycles. The van der Waals surface area contributed by atoms with Crippen LogP contribution in [0.2, 0.25) is 5.02 Å². The maximum absolute atomic E-state index is 5.94. The van der Waals surface area contributed by atoms with Crippen LogP contribution < -0.4 is 4.90 Å². The van der Waals surface area contributed by atoms with Gasteiger partial charge >= 0.3 is 0 Å². The average Bonchev–Trinajstić information content (AvgIpc) is 2.39. The smallest absolute Gasteiger partial charge is 0.0409 e. The van der Waals surface area contributed by atoms with Crippen molar-refractivity contribution in [2.45, 2.75) is 19.3 Å². The summed E-state index contributed by atoms with van der Waals surface area (Å²) in [6.45, 7) is 1.12. The summed E-state index contributed by atoms with van der Waals surface area (Å²) in [5, 5.41) is 0.805. The van der Waals surface area contributed by atoms with Crippen LogP contribution in [0.3, 0.4) is 0 Å². The SMILES string of the molecule is Clc1ccc(N2CCCC3CC=CC=C32)cc1. The summed E-state index contributed by atoms with van der Waals surface area (Å²) in [5.74, 6) is 0.712. The molecular weight excluding hydrogens is 230 g/mol. The van der Waals surface area contributed by atoms with Crippen molar-refractivity contribution in [3.8, 4) is 0 Å². The van der Waals surface area contributed by atoms with Crippen molar-refractivity contribution in [3.63, 3.8) is 0 Å². The summed E-state index contributed by atoms with van der Waals surface area (Å²) in [4.78, 5) is 2.44. The molecule has 17 heavy (non-hydrogen) atoms. The molecule has 1 heterocycles. The molecule has 1 aromatic rings. The number of benzene rings is 1. The number of nitrogens with zero attached hydrogens (tertiary/aromatic N) is 1. The van der Waals surface area contributed by atoms with Crippen molar-refractivity contribution in [2.24, 2.45) is 5.92 Å². The fraction of sp³-hybridized carbons (Fsp3) is 0.333. The van der Waals surface area contributed by atoms with Crippen molar-refractivity contribution in [1.82, 2.24) is 0 Å². The number of fused-ring (bicyclic) bond motifs is 1. The maximum atomic E-state index is 5.94. The van der Waals surface area contributed by atoms with Crippen LogP contribution in [0.1, 0.15) is 19.3 Å². The van der Waals surface area contributed by atoms with Crippen LogP contribution in [-0.2, 0) is 0 Å². The highest BCUT2D eigenvalue weighted by Crippen LogP contribution is 2.35. The summed E-state index contributed by atoms with van der Waals surface area (Å²) in [5.41, 5.74) is 2.74. The number of hydrogen-bond acceptors (Lipinski definition) is 1. The molecule has 0 spiro atoms. The van der Waals surface area contributed by atoms with Gasteiger partial charge in [0.25, 0.3) is 0 Å². The number of halogens is 1. The van der Waals surface area contributed by atoms with Gasteiger partial charge < -0.3 is 4.90 Å². The van der Waals surface area contributed by atoms with Gasteiger partial charge in [0.2, 0.25) is 0 Å². The van der Waals surface area contributed by atoms with E-state index in [-0.39, 0.29) is 0 Å². The fourth-order valence-corrected chi connectivity index (χ4v) is 2.89. The molecule has 1 nitrogen and oxygen atoms in total. The third-order valence-electron chi connectivity index (χ3n) is 3.63. The van der Waals surface area contributed by atoms with Crippen LogP contribution >= 0.6 is 11.6 Å². The van der Waals surface area contributed by atoms with Crippen molar-refractivity contribution >= 4 is 17.3 Å². The molecule has 1 aromatic carbocycles. The molecule has 0 bridgehead atoms. The van der Waals surface area contributed by atoms with Crippen LogP contribution in [0.15, 0.2) is 48.2 Å². The van der Waals surface area contributed by atoms with Crippen LogP contribution in [0.25, 0.3) is 0 Å². The van der Waals surface area contributed by atoms with E-state index in [2.05, 4.69) is 35.3 Å². The lowest BCUT2D eigenvalue weighted by atomic mass is 9.87. The van der Waals surface area contributed by atoms with Gasteiger partial charge in [-0.3, -0.25) is 0 Å². The molecular formula is C15H16ClN. The van der Waals surface area contributed by atoms with Gasteiger partial charge in [-0.05, 0) is 49.6 Å². The van der Waals surface area contributed by atoms with E-state index in [0.717, 1.165) is 11.6 Å². The van der Waals surface area contributed by atoms with Gasteiger partial charge in [0.15, 0.2) is 0 Å². The summed E-state index contributed by atoms with van der Waals surface area (Å²) in [6, 6.07) is 8.17. The summed E-state index contributed by atoms with van der Waals surface area (Å²) in [7, 11) is 0. The number of anilines is 1. The van der Waals surface area contributed by atoms with Gasteiger partial charge in [-0.15, -0.1) is 0 Å². The van der Waals surface area contributed by atoms with E-state index in [1.807, 2.05) is 12.1 Å². The predicted octanol–water partition coefficient (Wildman–Crippen LogP) is 4.40. The largest absolute Gasteiger partial charge is 0.345 e. The highest BCUT2D eigenvalue weighted by atomic mass is 35.5. The molecule has 3 rings (SSSR count). The van der Waals surface area contributed by atoms with E-state index in [1.54, 1.807) is 0 Å². The van der Waals surface area contributed by atoms with Gasteiger partial charge in [0.05, 0.1) is 0 Å². The lowest BCUT2D eigenvalue weighted by Gasteiger charge is -2.38. The molecule has 88 valence electrons. The lowest BCUT2D eigenvalue weighted by molar-refractivity contribution is 0.475. The second kappa shape index (κ2) is 4.58. The molecule has 2 aliphatic rings. The Morgan fingerprint density at radius 3 is 2.82 bits per heavy atom. The number of hydrogen-bond donors (Lipinski definition) is 0. The zero-order valence-corrected chi connectivity index (χ0v) is 10.5. The third kappa shape index (κ3) is 2.12. The fourth-order valence-electron chi connectivity index (χ4n) is 2.77. The van der Waals surface area contributed by atoms with Gasteiger partial charge in [-0.2, -0.15) is 0 Å². The molecule has 2 heteroatoms. The molecule has 1 aliphatic carbocycles. The Labute approximate surface area is 107 Å². The zero-order chi connectivity index (χ0) is 11.7. The first-order chi connectivity index (χ1) is 8.34. The molecule has 0 amide bonds. The number of allylic oxidation sites excluding steroid dienone is 4. The third-order valence-corrected chi connectivity index (χ3v) is 3.88. The number of piperidine rings is 1. The lowest BCUT2D eigenvalue weighted by Crippen LogP contribution is -2.33. The van der Waals surface area contributed by atoms with Crippen LogP contribution in [0.4, 0.5) is 5.69 Å². The van der Waals surface area contributed by atoms with Gasteiger partial charge in [-0.25, -0.2) is 0 Å². The van der Waals surface area contributed by atoms with Crippen LogP contribution in [0, 0.1) is 5.92 Å². The van der Waals surface area contributed by atoms with E-state index in [0.29, 0.717) is 5.92 Å². The molecule has 1 atom stereocenters. The molecule has 0 radical (unpaired) electrons. The quantitative estimate of drug-likeness (QED) is 0.709. The first-order valence-corrected chi connectivity index (χ1v) is 6.62. The van der Waals surface area contributed by atoms with Gasteiger partial charge in [-0.1, -0.05) is 23.8 Å². The standard InChI is InChI=1S/C15H16ClN/c16-13-7-9-14(10-8-13)17-11-3-5-12-4-1-2-6-15(12)17/h1-2,6-10,12H,3-5,11H2. The van der Waals surface area contributed by atoms with Crippen LogP contribution in [0.5, 0.6) is 0 Å². The first-order valence-electron chi connectivity index (χ1n) is 6.24. The monoisotopic (exact) mass is 245 g/mol. The van der Waals surface area contributed by atoms with Gasteiger partial charge in [0, 0.05) is 28.9 Å². The normalized spacial score (nSPS) is 23.2. The van der Waals surface area contributed by atoms with Crippen molar-refractivity contribution in [3.05, 3.63) is 53.2 Å². The summed E-state index contributed by atoms with van der Waals surface area (Å²) >= 11 is 5.94. The van der Waals surface area contributed by atoms with E-state index >= 15 is 0 Å². The molecule has 0 N–H and O–H groups in total. The highest BCUT2D eigenvalue weighted by Gasteiger charge is 2.25. The minimum atomic E-state index is 0.712. The second-order valence-corrected chi connectivity index (χ2v) is 5.16. The zero-order valence-electron chi connectivity index (χ0n) is 9.77. The van der Waals surface area contributed by atoms with Crippen molar-refractivity contribution in [2.75, 3.05) is 11.4 Å². The second-order valence-electron chi connectivity index (χ2n) is 4.72. The van der Waals surface area contributed by atoms with E-state index in [4.69, 9.17) is 11.6 Å². The van der Waals surface area contributed by atoms with Gasteiger partial charge in [0.1, 0.15) is 0 Å². The minimum Gasteiger partial charge on any atom is -0.345 e. The molecule has 1 unspecified atom stereocenters. The summed E-state index contributed by atoms with van der Waals surface area (Å²) < 4.78 is 0. The molecule has 1 aliphatic heterocycles. The Bertz CT molecular complexity index is 458. The number of rotatable bonds is 1. The minimum absolute atomic E-state index is 0.712. The van der Waals surface area contributed by atoms with E-state index in [9.17, 15) is 0 Å². The molecule has 1 fully saturated rings. The molecule has 1 saturated heterocycles. The van der Waals surface area contributed by atoms with Crippen molar-refractivity contribution in [1.29, 1.82) is 0 Å². The Hall–Kier alpha value is -1.21. The Morgan fingerprint density at radius 1 is 1.18 bits per heavy atom. The average molecular weight is 246 g/mol. The summed E-state index contributed by atoms with van der Waals surface area (Å²) in [6.07, 6.45) is 10.5. The van der Waals surface area contributed by atoms with E-state index < -0.39 is 0 Å². The maximum Gasteiger partial charge on any atom is 0.0409 e. The Balaban J connectivity index is 1.93. The van der Waals surface area contributed by atoms with Crippen molar-refractivity contribution < 1.29 is 0 Å². The predicted molar refractivity (Wildman–Crippen MR) is 73.4 cm³/mol. The Morgan fingerprint density at radius 2 is 2.00 bits per heavy atom. The first kappa shape index (κ1) is 10.9. The Kier molecular flexibility index (Phi) is 2.94. The highest BCUT2D eigenvalue weighted by molar-refractivity contribution is 6.30.